The number of amidine groups is 1. The van der Waals surface area contributed by atoms with Gasteiger partial charge in [0.05, 0.1) is 4.75 Å². The van der Waals surface area contributed by atoms with Crippen LogP contribution in [0.25, 0.3) is 0 Å². The smallest absolute Gasteiger partial charge is 0.252 e. The molecule has 0 saturated heterocycles. The fourth-order valence-corrected chi connectivity index (χ4v) is 1.29. The van der Waals surface area contributed by atoms with Crippen molar-refractivity contribution in [2.45, 2.75) is 38.0 Å². The van der Waals surface area contributed by atoms with E-state index in [1.165, 1.54) is 0 Å². The zero-order chi connectivity index (χ0) is 10.3. The van der Waals surface area contributed by atoms with Crippen LogP contribution >= 0.6 is 11.8 Å². The molecule has 3 nitrogen and oxygen atoms in total. The number of hydrogen-bond donors (Lipinski definition) is 1. The first kappa shape index (κ1) is 10.6. The summed E-state index contributed by atoms with van der Waals surface area (Å²) >= 11 is 1.68. The first-order chi connectivity index (χ1) is 5.79. The molecular weight excluding hydrogens is 184 g/mol. The number of nitrogens with one attached hydrogen (secondary N) is 1. The molecule has 1 rings (SSSR count). The summed E-state index contributed by atoms with van der Waals surface area (Å²) in [6.07, 6.45) is 2.01. The van der Waals surface area contributed by atoms with Gasteiger partial charge in [0.25, 0.3) is 5.91 Å². The van der Waals surface area contributed by atoms with E-state index in [-0.39, 0.29) is 10.7 Å². The molecule has 0 aromatic carbocycles. The molecule has 1 heterocycles. The highest BCUT2D eigenvalue weighted by Crippen LogP contribution is 2.27. The maximum Gasteiger partial charge on any atom is 0.252 e. The highest BCUT2D eigenvalue weighted by molar-refractivity contribution is 8.00. The third-order valence-corrected chi connectivity index (χ3v) is 3.47. The minimum atomic E-state index is -0.595. The lowest BCUT2D eigenvalue weighted by Crippen LogP contribution is -2.40. The maximum atomic E-state index is 11.4. The third kappa shape index (κ3) is 1.88. The van der Waals surface area contributed by atoms with E-state index in [4.69, 9.17) is 0 Å². The van der Waals surface area contributed by atoms with Gasteiger partial charge in [0.1, 0.15) is 11.4 Å². The first-order valence-electron chi connectivity index (χ1n) is 4.26. The van der Waals surface area contributed by atoms with Gasteiger partial charge in [-0.05, 0) is 34.0 Å². The minimum absolute atomic E-state index is 0.00961. The van der Waals surface area contributed by atoms with Crippen LogP contribution in [0.1, 0.15) is 27.7 Å². The molecule has 1 aliphatic rings. The normalized spacial score (nSPS) is 21.3. The molecule has 0 aromatic rings. The second-order valence-corrected chi connectivity index (χ2v) is 5.62. The summed E-state index contributed by atoms with van der Waals surface area (Å²) in [6, 6.07) is 0. The molecule has 0 bridgehead atoms. The topological polar surface area (TPSA) is 41.5 Å². The molecule has 0 spiro atoms. The Balaban J connectivity index is 2.94. The molecule has 0 atom stereocenters. The van der Waals surface area contributed by atoms with Gasteiger partial charge in [0.2, 0.25) is 0 Å². The molecule has 13 heavy (non-hydrogen) atoms. The Kier molecular flexibility index (Phi) is 2.45. The third-order valence-electron chi connectivity index (χ3n) is 2.26. The monoisotopic (exact) mass is 200 g/mol. The zero-order valence-electron chi connectivity index (χ0n) is 8.76. The van der Waals surface area contributed by atoms with E-state index >= 15 is 0 Å². The van der Waals surface area contributed by atoms with Crippen LogP contribution < -0.4 is 5.32 Å². The Hall–Kier alpha value is -0.510. The van der Waals surface area contributed by atoms with Crippen molar-refractivity contribution in [2.24, 2.45) is 4.99 Å². The molecule has 1 N–H and O–H groups in total. The van der Waals surface area contributed by atoms with Crippen molar-refractivity contribution in [3.8, 4) is 0 Å². The van der Waals surface area contributed by atoms with Crippen LogP contribution in [0, 0.1) is 0 Å². The predicted molar refractivity (Wildman–Crippen MR) is 57.3 cm³/mol. The molecule has 0 fully saturated rings. The largest absolute Gasteiger partial charge is 0.311 e. The van der Waals surface area contributed by atoms with Crippen LogP contribution in [0.3, 0.4) is 0 Å². The van der Waals surface area contributed by atoms with Crippen molar-refractivity contribution in [2.75, 3.05) is 6.26 Å². The van der Waals surface area contributed by atoms with Crippen LogP contribution in [0.5, 0.6) is 0 Å². The quantitative estimate of drug-likeness (QED) is 0.732. The van der Waals surface area contributed by atoms with E-state index in [1.54, 1.807) is 11.8 Å². The molecule has 1 aliphatic heterocycles. The number of nitrogens with zero attached hydrogens (tertiary/aromatic N) is 1. The van der Waals surface area contributed by atoms with E-state index < -0.39 is 5.54 Å². The van der Waals surface area contributed by atoms with Crippen molar-refractivity contribution in [3.05, 3.63) is 0 Å². The standard InChI is InChI=1S/C9H16N2OS/c1-8(2)7(12)10-6(11-8)9(3,4)13-5/h1-5H3,(H,10,11,12). The Bertz CT molecular complexity index is 269. The fraction of sp³-hybridized carbons (Fsp3) is 0.778. The second kappa shape index (κ2) is 3.01. The summed E-state index contributed by atoms with van der Waals surface area (Å²) in [6.45, 7) is 7.76. The SMILES string of the molecule is CSC(C)(C)C1=NC(C)(C)C(=O)N1. The minimum Gasteiger partial charge on any atom is -0.311 e. The Morgan fingerprint density at radius 1 is 1.46 bits per heavy atom. The summed E-state index contributed by atoms with van der Waals surface area (Å²) in [5.41, 5.74) is -0.595. The number of carbonyl (C=O) groups excluding carboxylic acids is 1. The van der Waals surface area contributed by atoms with E-state index in [0.29, 0.717) is 0 Å². The highest BCUT2D eigenvalue weighted by atomic mass is 32.2. The van der Waals surface area contributed by atoms with Crippen molar-refractivity contribution >= 4 is 23.5 Å². The van der Waals surface area contributed by atoms with Gasteiger partial charge in [0, 0.05) is 0 Å². The van der Waals surface area contributed by atoms with Gasteiger partial charge in [-0.25, -0.2) is 0 Å². The lowest BCUT2D eigenvalue weighted by molar-refractivity contribution is -0.122. The van der Waals surface area contributed by atoms with Crippen LogP contribution in [-0.2, 0) is 4.79 Å². The van der Waals surface area contributed by atoms with Crippen LogP contribution in [-0.4, -0.2) is 28.3 Å². The van der Waals surface area contributed by atoms with E-state index in [1.807, 2.05) is 20.1 Å². The number of thioether (sulfide) groups is 1. The molecule has 4 heteroatoms. The van der Waals surface area contributed by atoms with Crippen LogP contribution in [0.15, 0.2) is 4.99 Å². The maximum absolute atomic E-state index is 11.4. The van der Waals surface area contributed by atoms with Crippen molar-refractivity contribution in [1.29, 1.82) is 0 Å². The van der Waals surface area contributed by atoms with Gasteiger partial charge in [-0.3, -0.25) is 9.79 Å². The number of aliphatic imine (C=N–C) groups is 1. The molecule has 0 aromatic heterocycles. The van der Waals surface area contributed by atoms with Crippen molar-refractivity contribution < 1.29 is 4.79 Å². The molecule has 74 valence electrons. The summed E-state index contributed by atoms with van der Waals surface area (Å²) in [4.78, 5) is 15.8. The summed E-state index contributed by atoms with van der Waals surface area (Å²) in [5.74, 6) is 0.777. The van der Waals surface area contributed by atoms with Gasteiger partial charge in [-0.2, -0.15) is 11.8 Å². The molecule has 0 radical (unpaired) electrons. The Morgan fingerprint density at radius 2 is 2.00 bits per heavy atom. The second-order valence-electron chi connectivity index (χ2n) is 4.19. The highest BCUT2D eigenvalue weighted by Gasteiger charge is 2.39. The first-order valence-corrected chi connectivity index (χ1v) is 5.49. The van der Waals surface area contributed by atoms with E-state index in [0.717, 1.165) is 5.84 Å². The van der Waals surface area contributed by atoms with Gasteiger partial charge < -0.3 is 5.32 Å². The Morgan fingerprint density at radius 3 is 2.31 bits per heavy atom. The fourth-order valence-electron chi connectivity index (χ4n) is 1.00. The van der Waals surface area contributed by atoms with Crippen LogP contribution in [0.4, 0.5) is 0 Å². The summed E-state index contributed by atoms with van der Waals surface area (Å²) in [7, 11) is 0. The number of hydrogen-bond acceptors (Lipinski definition) is 3. The molecule has 0 saturated carbocycles. The van der Waals surface area contributed by atoms with Gasteiger partial charge in [-0.15, -0.1) is 0 Å². The number of amides is 1. The lowest BCUT2D eigenvalue weighted by atomic mass is 10.1. The predicted octanol–water partition coefficient (Wildman–Crippen LogP) is 1.43. The van der Waals surface area contributed by atoms with Crippen molar-refractivity contribution in [3.63, 3.8) is 0 Å². The zero-order valence-corrected chi connectivity index (χ0v) is 9.58. The average Bonchev–Trinajstić information content (AvgIpc) is 2.28. The summed E-state index contributed by atoms with van der Waals surface area (Å²) in [5, 5.41) is 2.83. The van der Waals surface area contributed by atoms with Gasteiger partial charge >= 0.3 is 0 Å². The van der Waals surface area contributed by atoms with E-state index in [2.05, 4.69) is 24.2 Å². The average molecular weight is 200 g/mol. The number of rotatable bonds is 2. The summed E-state index contributed by atoms with van der Waals surface area (Å²) < 4.78 is -0.108. The molecule has 1 amide bonds. The van der Waals surface area contributed by atoms with Gasteiger partial charge in [0.15, 0.2) is 0 Å². The van der Waals surface area contributed by atoms with E-state index in [9.17, 15) is 4.79 Å². The van der Waals surface area contributed by atoms with Crippen molar-refractivity contribution in [1.82, 2.24) is 5.32 Å². The van der Waals surface area contributed by atoms with Crippen LogP contribution in [0.2, 0.25) is 0 Å². The van der Waals surface area contributed by atoms with Gasteiger partial charge in [-0.1, -0.05) is 0 Å². The molecular formula is C9H16N2OS. The molecule has 0 aliphatic carbocycles. The number of carbonyl (C=O) groups is 1. The lowest BCUT2D eigenvalue weighted by Gasteiger charge is -2.21. The molecule has 0 unspecified atom stereocenters. The Labute approximate surface area is 83.4 Å².